The number of aromatic carboxylic acids is 2. The van der Waals surface area contributed by atoms with Crippen LogP contribution in [0.2, 0.25) is 0 Å². The molecular weight excluding hydrogens is 1270 g/mol. The van der Waals surface area contributed by atoms with Crippen molar-refractivity contribution < 1.29 is 19.8 Å². The summed E-state index contributed by atoms with van der Waals surface area (Å²) in [6, 6.07) is 47.9. The van der Waals surface area contributed by atoms with Crippen molar-refractivity contribution in [3.63, 3.8) is 0 Å². The van der Waals surface area contributed by atoms with Crippen molar-refractivity contribution in [3.8, 4) is 69.6 Å². The van der Waals surface area contributed by atoms with Crippen LogP contribution in [0.15, 0.2) is 146 Å². The summed E-state index contributed by atoms with van der Waals surface area (Å²) in [5, 5.41) is 19.3. The molecule has 4 N–H and O–H groups in total. The summed E-state index contributed by atoms with van der Waals surface area (Å²) in [6.07, 6.45) is 21.7. The Kier molecular flexibility index (Phi) is 25.2. The van der Waals surface area contributed by atoms with Crippen LogP contribution in [0.25, 0.3) is 66.6 Å². The molecule has 104 heavy (non-hydrogen) atoms. The number of unbranched alkanes of at least 4 members (excludes halogenated alkanes) is 12. The van der Waals surface area contributed by atoms with Crippen molar-refractivity contribution in [2.75, 3.05) is 0 Å². The molecule has 0 fully saturated rings. The molecule has 5 heterocycles. The van der Waals surface area contributed by atoms with Crippen LogP contribution < -0.4 is 0 Å². The highest BCUT2D eigenvalue weighted by Gasteiger charge is 2.28. The van der Waals surface area contributed by atoms with Gasteiger partial charge in [-0.1, -0.05) is 189 Å². The number of benzene rings is 6. The summed E-state index contributed by atoms with van der Waals surface area (Å²) in [5.41, 5.74) is 31.2. The van der Waals surface area contributed by atoms with Gasteiger partial charge in [0.1, 0.15) is 0 Å². The SMILES string of the molecule is CCCCCCC1=C(C)c2nc1cc1[nH]c(c(C)c1CCCCCC)c(-c1cccc(C#Cc3cc(C)cc(C#Cc4cccc(C(=O)O)c4)c3)c1)c1[nH]c(cc3nc(c2-c2cccc(C#Cc4cc(C)cc(C#Cc5cccc(C(=O)O)c5)c4)c2)C(C)=C3CCCCCC)c(CCCCCC)c1C. The van der Waals surface area contributed by atoms with E-state index in [1.165, 1.54) is 70.2 Å². The number of aromatic amines is 2. The zero-order chi connectivity index (χ0) is 73.2. The fourth-order valence-electron chi connectivity index (χ4n) is 14.7. The maximum atomic E-state index is 11.8. The van der Waals surface area contributed by atoms with Crippen LogP contribution in [0, 0.1) is 75.1 Å². The molecule has 8 nitrogen and oxygen atoms in total. The molecule has 3 aromatic heterocycles. The van der Waals surface area contributed by atoms with E-state index < -0.39 is 11.9 Å². The molecule has 8 heteroatoms. The largest absolute Gasteiger partial charge is 0.478 e. The van der Waals surface area contributed by atoms with Crippen LogP contribution in [0.5, 0.6) is 0 Å². The Hall–Kier alpha value is -10.9. The molecule has 0 spiro atoms. The van der Waals surface area contributed by atoms with E-state index in [1.54, 1.807) is 36.4 Å². The molecule has 9 aromatic rings. The lowest BCUT2D eigenvalue weighted by atomic mass is 9.91. The van der Waals surface area contributed by atoms with Gasteiger partial charge in [-0.2, -0.15) is 0 Å². The Bertz CT molecular complexity index is 5130. The van der Waals surface area contributed by atoms with Gasteiger partial charge in [-0.25, -0.2) is 19.6 Å². The van der Waals surface area contributed by atoms with Crippen molar-refractivity contribution >= 4 is 56.3 Å². The summed E-state index contributed by atoms with van der Waals surface area (Å²) >= 11 is 0. The number of hydrogen-bond donors (Lipinski definition) is 4. The number of hydrogen-bond acceptors (Lipinski definition) is 4. The lowest BCUT2D eigenvalue weighted by Crippen LogP contribution is -1.95. The summed E-state index contributed by atoms with van der Waals surface area (Å²) in [5.74, 6) is 25.1. The van der Waals surface area contributed by atoms with Gasteiger partial charge in [-0.05, 0) is 269 Å². The third-order valence-electron chi connectivity index (χ3n) is 20.3. The Morgan fingerprint density at radius 3 is 1.04 bits per heavy atom. The first kappa shape index (κ1) is 74.3. The van der Waals surface area contributed by atoms with Gasteiger partial charge in [0.15, 0.2) is 0 Å². The molecule has 0 unspecified atom stereocenters. The molecule has 8 bridgehead atoms. The molecule has 11 rings (SSSR count). The molecule has 0 saturated carbocycles. The van der Waals surface area contributed by atoms with Crippen LogP contribution >= 0.6 is 0 Å². The Morgan fingerprint density at radius 1 is 0.356 bits per heavy atom. The van der Waals surface area contributed by atoms with Gasteiger partial charge < -0.3 is 20.2 Å². The smallest absolute Gasteiger partial charge is 0.335 e. The second kappa shape index (κ2) is 35.3. The number of carbonyl (C=O) groups is 2. The summed E-state index contributed by atoms with van der Waals surface area (Å²) in [4.78, 5) is 43.9. The highest BCUT2D eigenvalue weighted by atomic mass is 16.4. The number of nitrogens with one attached hydrogen (secondary N) is 2. The normalized spacial score (nSPS) is 11.7. The molecule has 0 aliphatic carbocycles. The fourth-order valence-corrected chi connectivity index (χ4v) is 14.7. The van der Waals surface area contributed by atoms with E-state index >= 15 is 0 Å². The average Bonchev–Trinajstić information content (AvgIpc) is 1.59. The molecule has 2 aliphatic heterocycles. The number of fused-ring (bicyclic) bond motifs is 8. The van der Waals surface area contributed by atoms with E-state index in [-0.39, 0.29) is 11.1 Å². The van der Waals surface area contributed by atoms with Gasteiger partial charge >= 0.3 is 11.9 Å². The Morgan fingerprint density at radius 2 is 0.683 bits per heavy atom. The first-order chi connectivity index (χ1) is 50.5. The van der Waals surface area contributed by atoms with E-state index in [2.05, 4.69) is 192 Å². The molecule has 6 aromatic carbocycles. The molecule has 0 atom stereocenters. The van der Waals surface area contributed by atoms with E-state index in [4.69, 9.17) is 9.97 Å². The molecule has 0 amide bonds. The fraction of sp³-hybridized carbons (Fsp3) is 0.312. The van der Waals surface area contributed by atoms with E-state index in [1.807, 2.05) is 43.3 Å². The first-order valence-corrected chi connectivity index (χ1v) is 37.9. The second-order valence-corrected chi connectivity index (χ2v) is 28.3. The predicted molar refractivity (Wildman–Crippen MR) is 433 cm³/mol. The summed E-state index contributed by atoms with van der Waals surface area (Å²) in [6.45, 7) is 22.5. The van der Waals surface area contributed by atoms with Crippen molar-refractivity contribution in [2.24, 2.45) is 0 Å². The van der Waals surface area contributed by atoms with Crippen molar-refractivity contribution in [1.82, 2.24) is 19.9 Å². The van der Waals surface area contributed by atoms with E-state index in [0.717, 1.165) is 214 Å². The summed E-state index contributed by atoms with van der Waals surface area (Å²) < 4.78 is 0. The van der Waals surface area contributed by atoms with Crippen LogP contribution in [-0.4, -0.2) is 42.1 Å². The number of rotatable bonds is 24. The summed E-state index contributed by atoms with van der Waals surface area (Å²) in [7, 11) is 0. The van der Waals surface area contributed by atoms with Crippen LogP contribution in [-0.2, 0) is 12.8 Å². The van der Waals surface area contributed by atoms with Crippen LogP contribution in [0.3, 0.4) is 0 Å². The van der Waals surface area contributed by atoms with Crippen molar-refractivity contribution in [3.05, 3.63) is 257 Å². The third kappa shape index (κ3) is 18.3. The maximum absolute atomic E-state index is 11.8. The number of nitrogens with zero attached hydrogens (tertiary/aromatic N) is 2. The Labute approximate surface area is 617 Å². The van der Waals surface area contributed by atoms with Crippen LogP contribution in [0.1, 0.15) is 278 Å². The topological polar surface area (TPSA) is 132 Å². The monoisotopic (exact) mass is 1370 g/mol. The standard InChI is InChI=1S/C96H98N4O4/c1-11-15-19-23-39-81-65(7)91-89(77-35-27-31-69(57-77)43-47-73-51-63(5)53-75(55-73)49-45-71-33-29-37-79(59-71)95(101)102)92-67(9)83(41-25-21-17-13-3)87(99-92)62-88-84(42-26-22-18-14-4)68(10)94(100-88)90(93-66(8)82(40-24-20-16-12-2)86(98-93)61-85(81)97-91)78-36-28-32-70(58-78)44-48-74-52-64(6)54-76(56-74)50-46-72-34-30-38-80(60-72)96(103)104/h27-38,51-62,97,99H,11-26,39-42H2,1-10H3,(H,101,102)(H,103,104). The number of carboxylic acid groups (broad SMARTS) is 2. The Balaban J connectivity index is 1.16. The van der Waals surface area contributed by atoms with E-state index in [0.29, 0.717) is 11.1 Å². The molecule has 0 saturated heterocycles. The lowest BCUT2D eigenvalue weighted by Gasteiger charge is -2.11. The number of carboxylic acids is 2. The van der Waals surface area contributed by atoms with Gasteiger partial charge in [0.25, 0.3) is 0 Å². The van der Waals surface area contributed by atoms with Crippen molar-refractivity contribution in [2.45, 2.75) is 198 Å². The van der Waals surface area contributed by atoms with Gasteiger partial charge in [0, 0.05) is 66.7 Å². The van der Waals surface area contributed by atoms with Gasteiger partial charge in [-0.15, -0.1) is 0 Å². The lowest BCUT2D eigenvalue weighted by molar-refractivity contribution is 0.0686. The quantitative estimate of drug-likeness (QED) is 0.0352. The molecular formula is C96H98N4O4. The molecule has 526 valence electrons. The van der Waals surface area contributed by atoms with Gasteiger partial charge in [-0.3, -0.25) is 0 Å². The van der Waals surface area contributed by atoms with Crippen LogP contribution in [0.4, 0.5) is 0 Å². The van der Waals surface area contributed by atoms with Crippen molar-refractivity contribution in [1.29, 1.82) is 0 Å². The van der Waals surface area contributed by atoms with E-state index in [9.17, 15) is 19.8 Å². The minimum atomic E-state index is -0.983. The number of aromatic nitrogens is 4. The zero-order valence-electron chi connectivity index (χ0n) is 62.6. The highest BCUT2D eigenvalue weighted by Crippen LogP contribution is 2.46. The first-order valence-electron chi connectivity index (χ1n) is 37.9. The highest BCUT2D eigenvalue weighted by molar-refractivity contribution is 6.04. The number of H-pyrrole nitrogens is 2. The minimum Gasteiger partial charge on any atom is -0.478 e. The zero-order valence-corrected chi connectivity index (χ0v) is 62.6. The van der Waals surface area contributed by atoms with Gasteiger partial charge in [0.05, 0.1) is 44.9 Å². The average molecular weight is 1370 g/mol. The third-order valence-corrected chi connectivity index (χ3v) is 20.3. The maximum Gasteiger partial charge on any atom is 0.335 e. The predicted octanol–water partition coefficient (Wildman–Crippen LogP) is 23.9. The van der Waals surface area contributed by atoms with Gasteiger partial charge in [0.2, 0.25) is 0 Å². The molecule has 0 radical (unpaired) electrons. The minimum absolute atomic E-state index is 0.203. The molecule has 2 aliphatic rings. The number of aryl methyl sites for hydroxylation is 6. The second-order valence-electron chi connectivity index (χ2n) is 28.3. The number of allylic oxidation sites excluding steroid dienone is 4.